The van der Waals surface area contributed by atoms with Crippen molar-refractivity contribution in [2.45, 2.75) is 51.7 Å². The second-order valence-electron chi connectivity index (χ2n) is 9.07. The number of aromatic nitrogens is 2. The number of ether oxygens (including phenoxy) is 2. The van der Waals surface area contributed by atoms with Crippen molar-refractivity contribution in [2.24, 2.45) is 0 Å². The Hall–Kier alpha value is -2.45. The lowest BCUT2D eigenvalue weighted by atomic mass is 9.90. The molecule has 1 aliphatic rings. The van der Waals surface area contributed by atoms with Crippen molar-refractivity contribution in [2.75, 3.05) is 30.8 Å². The number of anilines is 2. The molecular formula is C22H29Cl2N5O3. The Morgan fingerprint density at radius 2 is 1.88 bits per heavy atom. The number of hydrogen-bond donors (Lipinski definition) is 2. The van der Waals surface area contributed by atoms with Gasteiger partial charge in [-0.15, -0.1) is 0 Å². The molecule has 1 saturated heterocycles. The summed E-state index contributed by atoms with van der Waals surface area (Å²) < 4.78 is 10.9. The zero-order valence-corrected chi connectivity index (χ0v) is 20.5. The average Bonchev–Trinajstić information content (AvgIpc) is 2.68. The fourth-order valence-electron chi connectivity index (χ4n) is 3.56. The SMILES string of the molecule is COc1nc(N2CCC(C)(NC(=O)OC(C)(C)C)CC2)nc(N)c1-c1cccc(Cl)c1Cl. The summed E-state index contributed by atoms with van der Waals surface area (Å²) in [5.74, 6) is 1.02. The number of methoxy groups -OCH3 is 1. The number of hydrogen-bond acceptors (Lipinski definition) is 7. The molecule has 3 rings (SSSR count). The van der Waals surface area contributed by atoms with E-state index in [1.807, 2.05) is 32.6 Å². The first kappa shape index (κ1) is 24.2. The normalized spacial score (nSPS) is 15.9. The van der Waals surface area contributed by atoms with Crippen molar-refractivity contribution in [3.8, 4) is 17.0 Å². The second-order valence-corrected chi connectivity index (χ2v) is 9.85. The Labute approximate surface area is 198 Å². The molecule has 0 unspecified atom stereocenters. The number of nitrogens with zero attached hydrogens (tertiary/aromatic N) is 3. The Morgan fingerprint density at radius 1 is 1.22 bits per heavy atom. The van der Waals surface area contributed by atoms with Gasteiger partial charge in [-0.1, -0.05) is 35.3 Å². The molecule has 1 fully saturated rings. The minimum atomic E-state index is -0.545. The van der Waals surface area contributed by atoms with Crippen molar-refractivity contribution >= 4 is 41.1 Å². The minimum absolute atomic E-state index is 0.247. The van der Waals surface area contributed by atoms with Crippen molar-refractivity contribution in [3.63, 3.8) is 0 Å². The molecule has 2 aromatic rings. The number of carbonyl (C=O) groups is 1. The predicted octanol–water partition coefficient (Wildman–Crippen LogP) is 4.92. The van der Waals surface area contributed by atoms with Gasteiger partial charge in [0.2, 0.25) is 11.8 Å². The number of amides is 1. The average molecular weight is 482 g/mol. The first-order valence-corrected chi connectivity index (χ1v) is 11.1. The highest BCUT2D eigenvalue weighted by atomic mass is 35.5. The molecular weight excluding hydrogens is 453 g/mol. The Bertz CT molecular complexity index is 1000. The van der Waals surface area contributed by atoms with Crippen LogP contribution >= 0.6 is 23.2 Å². The largest absolute Gasteiger partial charge is 0.480 e. The van der Waals surface area contributed by atoms with Gasteiger partial charge in [0.05, 0.1) is 22.7 Å². The van der Waals surface area contributed by atoms with Crippen LogP contribution < -0.4 is 20.7 Å². The van der Waals surface area contributed by atoms with Gasteiger partial charge in [-0.3, -0.25) is 0 Å². The lowest BCUT2D eigenvalue weighted by molar-refractivity contribution is 0.0448. The van der Waals surface area contributed by atoms with Crippen LogP contribution in [0.2, 0.25) is 10.0 Å². The summed E-state index contributed by atoms with van der Waals surface area (Å²) in [5.41, 5.74) is 6.47. The molecule has 0 bridgehead atoms. The molecule has 3 N–H and O–H groups in total. The van der Waals surface area contributed by atoms with Crippen LogP contribution in [-0.2, 0) is 4.74 Å². The van der Waals surface area contributed by atoms with Crippen molar-refractivity contribution < 1.29 is 14.3 Å². The van der Waals surface area contributed by atoms with E-state index in [9.17, 15) is 4.79 Å². The van der Waals surface area contributed by atoms with Crippen LogP contribution in [0.4, 0.5) is 16.6 Å². The predicted molar refractivity (Wildman–Crippen MR) is 128 cm³/mol. The maximum Gasteiger partial charge on any atom is 0.408 e. The summed E-state index contributed by atoms with van der Waals surface area (Å²) in [5, 5.41) is 3.76. The van der Waals surface area contributed by atoms with E-state index in [4.69, 9.17) is 38.4 Å². The Morgan fingerprint density at radius 3 is 2.47 bits per heavy atom. The fourth-order valence-corrected chi connectivity index (χ4v) is 3.95. The standard InChI is InChI=1S/C22H29Cl2N5O3/c1-21(2,3)32-20(30)28-22(4)9-11-29(12-10-22)19-26-17(25)15(18(27-19)31-5)13-7-6-8-14(23)16(13)24/h6-8H,9-12H2,1-5H3,(H,28,30)(H2,25,26,27). The van der Waals surface area contributed by atoms with E-state index < -0.39 is 11.7 Å². The zero-order valence-electron chi connectivity index (χ0n) is 19.0. The number of carbonyl (C=O) groups excluding carboxylic acids is 1. The van der Waals surface area contributed by atoms with Crippen molar-refractivity contribution in [3.05, 3.63) is 28.2 Å². The van der Waals surface area contributed by atoms with Crippen LogP contribution in [0, 0.1) is 0 Å². The number of benzene rings is 1. The van der Waals surface area contributed by atoms with Crippen LogP contribution in [0.5, 0.6) is 5.88 Å². The maximum atomic E-state index is 12.2. The van der Waals surface area contributed by atoms with Gasteiger partial charge in [-0.05, 0) is 46.6 Å². The van der Waals surface area contributed by atoms with Gasteiger partial charge >= 0.3 is 6.09 Å². The molecule has 1 aromatic heterocycles. The van der Waals surface area contributed by atoms with Crippen molar-refractivity contribution in [1.82, 2.24) is 15.3 Å². The minimum Gasteiger partial charge on any atom is -0.480 e. The molecule has 1 amide bonds. The zero-order chi connectivity index (χ0) is 23.7. The summed E-state index contributed by atoms with van der Waals surface area (Å²) in [4.78, 5) is 23.3. The molecule has 8 nitrogen and oxygen atoms in total. The number of nitrogens with one attached hydrogen (secondary N) is 1. The van der Waals surface area contributed by atoms with Crippen molar-refractivity contribution in [1.29, 1.82) is 0 Å². The highest BCUT2D eigenvalue weighted by Gasteiger charge is 2.34. The van der Waals surface area contributed by atoms with E-state index in [0.717, 1.165) is 0 Å². The van der Waals surface area contributed by atoms with Gasteiger partial charge in [0, 0.05) is 24.2 Å². The first-order valence-electron chi connectivity index (χ1n) is 10.3. The summed E-state index contributed by atoms with van der Waals surface area (Å²) >= 11 is 12.5. The van der Waals surface area contributed by atoms with Crippen LogP contribution in [0.1, 0.15) is 40.5 Å². The van der Waals surface area contributed by atoms with E-state index in [2.05, 4.69) is 15.3 Å². The molecule has 2 heterocycles. The summed E-state index contributed by atoms with van der Waals surface area (Å²) in [6.45, 7) is 8.79. The molecule has 1 aliphatic heterocycles. The monoisotopic (exact) mass is 481 g/mol. The maximum absolute atomic E-state index is 12.2. The number of rotatable bonds is 4. The topological polar surface area (TPSA) is 103 Å². The lowest BCUT2D eigenvalue weighted by Crippen LogP contribution is -2.54. The third-order valence-corrected chi connectivity index (χ3v) is 6.08. The number of alkyl carbamates (subject to hydrolysis) is 1. The molecule has 0 radical (unpaired) electrons. The number of nitrogen functional groups attached to an aromatic ring is 1. The smallest absolute Gasteiger partial charge is 0.408 e. The molecule has 0 atom stereocenters. The highest BCUT2D eigenvalue weighted by molar-refractivity contribution is 6.43. The van der Waals surface area contributed by atoms with E-state index in [0.29, 0.717) is 58.9 Å². The van der Waals surface area contributed by atoms with Gasteiger partial charge < -0.3 is 25.4 Å². The van der Waals surface area contributed by atoms with Gasteiger partial charge in [0.1, 0.15) is 11.4 Å². The Balaban J connectivity index is 1.78. The van der Waals surface area contributed by atoms with Crippen LogP contribution in [0.3, 0.4) is 0 Å². The second kappa shape index (κ2) is 9.19. The van der Waals surface area contributed by atoms with Crippen LogP contribution in [0.15, 0.2) is 18.2 Å². The molecule has 1 aromatic carbocycles. The third-order valence-electron chi connectivity index (χ3n) is 5.26. The van der Waals surface area contributed by atoms with Crippen LogP contribution in [-0.4, -0.2) is 47.4 Å². The number of halogens is 2. The van der Waals surface area contributed by atoms with E-state index in [1.165, 1.54) is 7.11 Å². The van der Waals surface area contributed by atoms with Gasteiger partial charge in [0.15, 0.2) is 0 Å². The van der Waals surface area contributed by atoms with Gasteiger partial charge in [-0.25, -0.2) is 4.79 Å². The summed E-state index contributed by atoms with van der Waals surface area (Å²) in [6.07, 6.45) is 0.970. The van der Waals surface area contributed by atoms with Crippen LogP contribution in [0.25, 0.3) is 11.1 Å². The van der Waals surface area contributed by atoms with Gasteiger partial charge in [-0.2, -0.15) is 9.97 Å². The van der Waals surface area contributed by atoms with E-state index in [-0.39, 0.29) is 11.4 Å². The van der Waals surface area contributed by atoms with E-state index in [1.54, 1.807) is 18.2 Å². The number of nitrogens with two attached hydrogens (primary N) is 1. The number of piperidine rings is 1. The quantitative estimate of drug-likeness (QED) is 0.637. The van der Waals surface area contributed by atoms with E-state index >= 15 is 0 Å². The first-order chi connectivity index (χ1) is 14.9. The van der Waals surface area contributed by atoms with Gasteiger partial charge in [0.25, 0.3) is 0 Å². The molecule has 174 valence electrons. The Kier molecular flexibility index (Phi) is 6.95. The summed E-state index contributed by atoms with van der Waals surface area (Å²) in [6, 6.07) is 5.26. The highest BCUT2D eigenvalue weighted by Crippen LogP contribution is 2.41. The molecule has 10 heteroatoms. The summed E-state index contributed by atoms with van der Waals surface area (Å²) in [7, 11) is 1.52. The molecule has 0 saturated carbocycles. The fraction of sp³-hybridized carbons (Fsp3) is 0.500. The molecule has 0 aliphatic carbocycles. The lowest BCUT2D eigenvalue weighted by Gasteiger charge is -2.40. The third kappa shape index (κ3) is 5.48. The molecule has 0 spiro atoms. The molecule has 32 heavy (non-hydrogen) atoms.